The molecular formula is C13H18N2O2. The second-order valence-electron chi connectivity index (χ2n) is 4.12. The summed E-state index contributed by atoms with van der Waals surface area (Å²) in [5.41, 5.74) is 0.394. The third-order valence-electron chi connectivity index (χ3n) is 2.42. The van der Waals surface area contributed by atoms with Crippen molar-refractivity contribution in [3.05, 3.63) is 18.0 Å². The molecule has 4 heteroatoms. The topological polar surface area (TPSA) is 43.4 Å². The molecule has 0 amide bonds. The standard InChI is InChI=1S/C13H18N2O2/c1-6-13(2,3)15-9-10-12(17-5)11(16-4)7-8-14-10/h1,7-8,15H,9H2,2-5H3. The van der Waals surface area contributed by atoms with E-state index < -0.39 is 0 Å². The molecule has 1 aromatic heterocycles. The van der Waals surface area contributed by atoms with Gasteiger partial charge in [-0.15, -0.1) is 6.42 Å². The van der Waals surface area contributed by atoms with E-state index in [2.05, 4.69) is 16.2 Å². The first kappa shape index (κ1) is 13.3. The van der Waals surface area contributed by atoms with Crippen molar-refractivity contribution in [3.63, 3.8) is 0 Å². The van der Waals surface area contributed by atoms with Gasteiger partial charge in [-0.25, -0.2) is 0 Å². The van der Waals surface area contributed by atoms with Crippen molar-refractivity contribution in [2.24, 2.45) is 0 Å². The van der Waals surface area contributed by atoms with Crippen molar-refractivity contribution in [2.45, 2.75) is 25.9 Å². The van der Waals surface area contributed by atoms with Crippen LogP contribution in [0.25, 0.3) is 0 Å². The highest BCUT2D eigenvalue weighted by Crippen LogP contribution is 2.28. The first-order chi connectivity index (χ1) is 8.04. The van der Waals surface area contributed by atoms with E-state index in [1.54, 1.807) is 26.5 Å². The number of methoxy groups -OCH3 is 2. The van der Waals surface area contributed by atoms with Crippen LogP contribution in [0.3, 0.4) is 0 Å². The molecule has 4 nitrogen and oxygen atoms in total. The summed E-state index contributed by atoms with van der Waals surface area (Å²) in [6.45, 7) is 4.39. The summed E-state index contributed by atoms with van der Waals surface area (Å²) in [5.74, 6) is 3.97. The number of rotatable bonds is 5. The van der Waals surface area contributed by atoms with Crippen LogP contribution < -0.4 is 14.8 Å². The molecule has 0 fully saturated rings. The fraction of sp³-hybridized carbons (Fsp3) is 0.462. The lowest BCUT2D eigenvalue weighted by atomic mass is 10.1. The predicted molar refractivity (Wildman–Crippen MR) is 67.1 cm³/mol. The molecule has 0 spiro atoms. The van der Waals surface area contributed by atoms with E-state index in [1.807, 2.05) is 13.8 Å². The second-order valence-corrected chi connectivity index (χ2v) is 4.12. The van der Waals surface area contributed by atoms with Gasteiger partial charge in [0.05, 0.1) is 25.5 Å². The summed E-state index contributed by atoms with van der Waals surface area (Å²) in [4.78, 5) is 4.26. The highest BCUT2D eigenvalue weighted by Gasteiger charge is 2.16. The molecule has 0 aliphatic heterocycles. The summed E-state index contributed by atoms with van der Waals surface area (Å²) < 4.78 is 10.5. The zero-order valence-corrected chi connectivity index (χ0v) is 10.7. The molecule has 92 valence electrons. The van der Waals surface area contributed by atoms with E-state index in [9.17, 15) is 0 Å². The summed E-state index contributed by atoms with van der Waals surface area (Å²) in [6, 6.07) is 1.76. The van der Waals surface area contributed by atoms with Gasteiger partial charge in [-0.1, -0.05) is 5.92 Å². The first-order valence-corrected chi connectivity index (χ1v) is 5.32. The maximum absolute atomic E-state index is 5.41. The van der Waals surface area contributed by atoms with Crippen LogP contribution >= 0.6 is 0 Å². The van der Waals surface area contributed by atoms with E-state index in [-0.39, 0.29) is 5.54 Å². The molecule has 0 atom stereocenters. The summed E-state index contributed by atoms with van der Waals surface area (Å²) in [5, 5.41) is 3.22. The van der Waals surface area contributed by atoms with Gasteiger partial charge in [0.2, 0.25) is 0 Å². The third-order valence-corrected chi connectivity index (χ3v) is 2.42. The molecule has 0 aliphatic carbocycles. The van der Waals surface area contributed by atoms with Crippen molar-refractivity contribution in [1.29, 1.82) is 0 Å². The Morgan fingerprint density at radius 1 is 1.41 bits per heavy atom. The van der Waals surface area contributed by atoms with Gasteiger partial charge in [-0.3, -0.25) is 10.3 Å². The number of pyridine rings is 1. The van der Waals surface area contributed by atoms with Gasteiger partial charge in [0.25, 0.3) is 0 Å². The van der Waals surface area contributed by atoms with E-state index in [0.29, 0.717) is 18.0 Å². The molecule has 1 aromatic rings. The Morgan fingerprint density at radius 3 is 2.65 bits per heavy atom. The quantitative estimate of drug-likeness (QED) is 0.786. The van der Waals surface area contributed by atoms with E-state index in [1.165, 1.54) is 0 Å². The number of nitrogens with one attached hydrogen (secondary N) is 1. The van der Waals surface area contributed by atoms with Crippen LogP contribution in [0.2, 0.25) is 0 Å². The molecule has 1 N–H and O–H groups in total. The molecule has 0 aliphatic rings. The summed E-state index contributed by atoms with van der Waals surface area (Å²) in [7, 11) is 3.19. The lowest BCUT2D eigenvalue weighted by molar-refractivity contribution is 0.346. The van der Waals surface area contributed by atoms with Crippen molar-refractivity contribution in [2.75, 3.05) is 14.2 Å². The molecule has 17 heavy (non-hydrogen) atoms. The van der Waals surface area contributed by atoms with Gasteiger partial charge >= 0.3 is 0 Å². The van der Waals surface area contributed by atoms with Crippen LogP contribution in [0, 0.1) is 12.3 Å². The van der Waals surface area contributed by atoms with Crippen molar-refractivity contribution < 1.29 is 9.47 Å². The third kappa shape index (κ3) is 3.36. The van der Waals surface area contributed by atoms with Crippen LogP contribution in [0.15, 0.2) is 12.3 Å². The SMILES string of the molecule is C#CC(C)(C)NCc1nccc(OC)c1OC. The maximum Gasteiger partial charge on any atom is 0.183 e. The minimum absolute atomic E-state index is 0.379. The van der Waals surface area contributed by atoms with Gasteiger partial charge in [0.1, 0.15) is 0 Å². The molecule has 0 radical (unpaired) electrons. The van der Waals surface area contributed by atoms with Gasteiger partial charge in [-0.05, 0) is 13.8 Å². The molecule has 0 aromatic carbocycles. The number of hydrogen-bond donors (Lipinski definition) is 1. The summed E-state index contributed by atoms with van der Waals surface area (Å²) >= 11 is 0. The molecule has 0 saturated heterocycles. The highest BCUT2D eigenvalue weighted by atomic mass is 16.5. The zero-order chi connectivity index (χ0) is 12.9. The van der Waals surface area contributed by atoms with E-state index in [4.69, 9.17) is 15.9 Å². The monoisotopic (exact) mass is 234 g/mol. The molecule has 1 rings (SSSR count). The number of nitrogens with zero attached hydrogens (tertiary/aromatic N) is 1. The van der Waals surface area contributed by atoms with Gasteiger partial charge < -0.3 is 9.47 Å². The van der Waals surface area contributed by atoms with Crippen LogP contribution in [-0.4, -0.2) is 24.7 Å². The zero-order valence-electron chi connectivity index (χ0n) is 10.7. The minimum atomic E-state index is -0.379. The normalized spacial score (nSPS) is 10.8. The Kier molecular flexibility index (Phi) is 4.36. The fourth-order valence-corrected chi connectivity index (χ4v) is 1.33. The Hall–Kier alpha value is -1.73. The lowest BCUT2D eigenvalue weighted by Gasteiger charge is -2.20. The Balaban J connectivity index is 2.88. The molecule has 0 bridgehead atoms. The van der Waals surface area contributed by atoms with Crippen molar-refractivity contribution in [1.82, 2.24) is 10.3 Å². The highest BCUT2D eigenvalue weighted by molar-refractivity contribution is 5.42. The minimum Gasteiger partial charge on any atom is -0.493 e. The summed E-state index contributed by atoms with van der Waals surface area (Å²) in [6.07, 6.45) is 7.09. The lowest BCUT2D eigenvalue weighted by Crippen LogP contribution is -2.37. The number of ether oxygens (including phenoxy) is 2. The Morgan fingerprint density at radius 2 is 2.12 bits per heavy atom. The van der Waals surface area contributed by atoms with Crippen molar-refractivity contribution >= 4 is 0 Å². The Bertz CT molecular complexity index is 422. The predicted octanol–water partition coefficient (Wildman–Crippen LogP) is 1.60. The number of terminal acetylenes is 1. The van der Waals surface area contributed by atoms with E-state index >= 15 is 0 Å². The van der Waals surface area contributed by atoms with E-state index in [0.717, 1.165) is 5.69 Å². The van der Waals surface area contributed by atoms with Gasteiger partial charge in [0, 0.05) is 18.8 Å². The van der Waals surface area contributed by atoms with Crippen LogP contribution in [0.1, 0.15) is 19.5 Å². The van der Waals surface area contributed by atoms with Crippen LogP contribution in [-0.2, 0) is 6.54 Å². The van der Waals surface area contributed by atoms with Crippen molar-refractivity contribution in [3.8, 4) is 23.8 Å². The maximum atomic E-state index is 5.41. The first-order valence-electron chi connectivity index (χ1n) is 5.32. The fourth-order valence-electron chi connectivity index (χ4n) is 1.33. The van der Waals surface area contributed by atoms with Gasteiger partial charge in [0.15, 0.2) is 11.5 Å². The molecule has 0 unspecified atom stereocenters. The average molecular weight is 234 g/mol. The van der Waals surface area contributed by atoms with Crippen LogP contribution in [0.4, 0.5) is 0 Å². The Labute approximate surface area is 102 Å². The largest absolute Gasteiger partial charge is 0.493 e. The molecule has 1 heterocycles. The smallest absolute Gasteiger partial charge is 0.183 e. The molecule has 0 saturated carbocycles. The van der Waals surface area contributed by atoms with Crippen LogP contribution in [0.5, 0.6) is 11.5 Å². The molecular weight excluding hydrogens is 216 g/mol. The average Bonchev–Trinajstić information content (AvgIpc) is 2.35. The van der Waals surface area contributed by atoms with Gasteiger partial charge in [-0.2, -0.15) is 0 Å². The number of aromatic nitrogens is 1. The number of hydrogen-bond acceptors (Lipinski definition) is 4. The second kappa shape index (κ2) is 5.55.